The highest BCUT2D eigenvalue weighted by molar-refractivity contribution is 5.65. The Hall–Kier alpha value is -1.81. The maximum absolute atomic E-state index is 5.81. The van der Waals surface area contributed by atoms with Crippen LogP contribution in [0.25, 0.3) is 11.1 Å². The number of nitrogens with two attached hydrogens (primary N) is 1. The summed E-state index contributed by atoms with van der Waals surface area (Å²) in [5.41, 5.74) is 9.11. The summed E-state index contributed by atoms with van der Waals surface area (Å²) >= 11 is 0. The molecule has 0 aliphatic carbocycles. The molecule has 0 amide bonds. The molecule has 2 aromatic rings. The van der Waals surface area contributed by atoms with Crippen molar-refractivity contribution in [3.05, 3.63) is 36.2 Å². The maximum Gasteiger partial charge on any atom is 0.118 e. The van der Waals surface area contributed by atoms with E-state index < -0.39 is 0 Å². The van der Waals surface area contributed by atoms with Gasteiger partial charge in [-0.2, -0.15) is 5.10 Å². The average Bonchev–Trinajstić information content (AvgIpc) is 2.76. The van der Waals surface area contributed by atoms with E-state index in [0.29, 0.717) is 0 Å². The van der Waals surface area contributed by atoms with Crippen LogP contribution in [0.4, 0.5) is 0 Å². The summed E-state index contributed by atoms with van der Waals surface area (Å²) in [6.07, 6.45) is 2.63. The first-order valence-electron chi connectivity index (χ1n) is 5.63. The van der Waals surface area contributed by atoms with Gasteiger partial charge in [0, 0.05) is 23.7 Å². The second-order valence-corrected chi connectivity index (χ2v) is 4.17. The van der Waals surface area contributed by atoms with E-state index in [1.54, 1.807) is 7.11 Å². The minimum Gasteiger partial charge on any atom is -0.497 e. The largest absolute Gasteiger partial charge is 0.497 e. The standard InChI is InChI=1S/C13H17N3O/c1-9(14)7-13-12(8-15-16-13)10-3-5-11(17-2)6-4-10/h3-6,8-9H,7,14H2,1-2H3,(H,15,16). The Labute approximate surface area is 101 Å². The van der Waals surface area contributed by atoms with Crippen molar-refractivity contribution in [2.75, 3.05) is 7.11 Å². The summed E-state index contributed by atoms with van der Waals surface area (Å²) in [6, 6.07) is 8.05. The van der Waals surface area contributed by atoms with Gasteiger partial charge in [-0.3, -0.25) is 5.10 Å². The molecule has 90 valence electrons. The van der Waals surface area contributed by atoms with Gasteiger partial charge in [0.05, 0.1) is 13.3 Å². The summed E-state index contributed by atoms with van der Waals surface area (Å²) in [6.45, 7) is 1.98. The van der Waals surface area contributed by atoms with Gasteiger partial charge in [0.15, 0.2) is 0 Å². The Morgan fingerprint density at radius 3 is 2.65 bits per heavy atom. The van der Waals surface area contributed by atoms with Crippen molar-refractivity contribution >= 4 is 0 Å². The highest BCUT2D eigenvalue weighted by atomic mass is 16.5. The Balaban J connectivity index is 2.29. The Bertz CT molecular complexity index is 474. The zero-order chi connectivity index (χ0) is 12.3. The zero-order valence-corrected chi connectivity index (χ0v) is 10.1. The first kappa shape index (κ1) is 11.7. The van der Waals surface area contributed by atoms with E-state index in [0.717, 1.165) is 29.0 Å². The molecular weight excluding hydrogens is 214 g/mol. The molecule has 1 unspecified atom stereocenters. The monoisotopic (exact) mass is 231 g/mol. The lowest BCUT2D eigenvalue weighted by Crippen LogP contribution is -2.18. The van der Waals surface area contributed by atoms with Crippen molar-refractivity contribution in [2.24, 2.45) is 5.73 Å². The van der Waals surface area contributed by atoms with Gasteiger partial charge in [0.25, 0.3) is 0 Å². The number of ether oxygens (including phenoxy) is 1. The fourth-order valence-corrected chi connectivity index (χ4v) is 1.81. The minimum atomic E-state index is 0.118. The molecule has 3 N–H and O–H groups in total. The van der Waals surface area contributed by atoms with Crippen LogP contribution < -0.4 is 10.5 Å². The van der Waals surface area contributed by atoms with Crippen molar-refractivity contribution in [3.8, 4) is 16.9 Å². The van der Waals surface area contributed by atoms with Crippen LogP contribution in [0, 0.1) is 0 Å². The quantitative estimate of drug-likeness (QED) is 0.845. The van der Waals surface area contributed by atoms with Crippen molar-refractivity contribution in [3.63, 3.8) is 0 Å². The van der Waals surface area contributed by atoms with Crippen molar-refractivity contribution in [1.82, 2.24) is 10.2 Å². The molecule has 1 heterocycles. The summed E-state index contributed by atoms with van der Waals surface area (Å²) in [5.74, 6) is 0.853. The van der Waals surface area contributed by atoms with E-state index in [1.807, 2.05) is 37.4 Å². The normalized spacial score (nSPS) is 12.4. The maximum atomic E-state index is 5.81. The van der Waals surface area contributed by atoms with Gasteiger partial charge in [-0.15, -0.1) is 0 Å². The van der Waals surface area contributed by atoms with Gasteiger partial charge in [0.1, 0.15) is 5.75 Å². The Morgan fingerprint density at radius 1 is 1.35 bits per heavy atom. The number of nitrogens with zero attached hydrogens (tertiary/aromatic N) is 1. The van der Waals surface area contributed by atoms with Crippen LogP contribution in [-0.4, -0.2) is 23.3 Å². The molecule has 0 fully saturated rings. The van der Waals surface area contributed by atoms with Crippen LogP contribution in [0.2, 0.25) is 0 Å². The predicted molar refractivity (Wildman–Crippen MR) is 67.9 cm³/mol. The minimum absolute atomic E-state index is 0.118. The highest BCUT2D eigenvalue weighted by Gasteiger charge is 2.09. The summed E-state index contributed by atoms with van der Waals surface area (Å²) < 4.78 is 5.14. The average molecular weight is 231 g/mol. The number of aromatic nitrogens is 2. The molecule has 17 heavy (non-hydrogen) atoms. The second-order valence-electron chi connectivity index (χ2n) is 4.17. The summed E-state index contributed by atoms with van der Waals surface area (Å²) in [5, 5.41) is 7.09. The molecule has 0 saturated carbocycles. The molecule has 1 aromatic heterocycles. The lowest BCUT2D eigenvalue weighted by atomic mass is 10.0. The smallest absolute Gasteiger partial charge is 0.118 e. The topological polar surface area (TPSA) is 63.9 Å². The van der Waals surface area contributed by atoms with Crippen molar-refractivity contribution < 1.29 is 4.74 Å². The lowest BCUT2D eigenvalue weighted by molar-refractivity contribution is 0.415. The van der Waals surface area contributed by atoms with E-state index in [-0.39, 0.29) is 6.04 Å². The fraction of sp³-hybridized carbons (Fsp3) is 0.308. The van der Waals surface area contributed by atoms with Crippen LogP contribution in [0.1, 0.15) is 12.6 Å². The van der Waals surface area contributed by atoms with E-state index in [9.17, 15) is 0 Å². The number of hydrogen-bond donors (Lipinski definition) is 2. The Morgan fingerprint density at radius 2 is 2.06 bits per heavy atom. The Kier molecular flexibility index (Phi) is 3.44. The van der Waals surface area contributed by atoms with Crippen LogP contribution in [-0.2, 0) is 6.42 Å². The van der Waals surface area contributed by atoms with Crippen LogP contribution in [0.3, 0.4) is 0 Å². The molecular formula is C13H17N3O. The van der Waals surface area contributed by atoms with Crippen LogP contribution >= 0.6 is 0 Å². The molecule has 4 heteroatoms. The lowest BCUT2D eigenvalue weighted by Gasteiger charge is -2.06. The molecule has 0 radical (unpaired) electrons. The predicted octanol–water partition coefficient (Wildman–Crippen LogP) is 1.97. The molecule has 0 aliphatic heterocycles. The SMILES string of the molecule is COc1ccc(-c2cn[nH]c2CC(C)N)cc1. The summed E-state index contributed by atoms with van der Waals surface area (Å²) in [4.78, 5) is 0. The summed E-state index contributed by atoms with van der Waals surface area (Å²) in [7, 11) is 1.66. The fourth-order valence-electron chi connectivity index (χ4n) is 1.81. The van der Waals surface area contributed by atoms with Gasteiger partial charge in [-0.05, 0) is 24.6 Å². The van der Waals surface area contributed by atoms with Gasteiger partial charge >= 0.3 is 0 Å². The van der Waals surface area contributed by atoms with Crippen LogP contribution in [0.15, 0.2) is 30.5 Å². The van der Waals surface area contributed by atoms with Crippen molar-refractivity contribution in [2.45, 2.75) is 19.4 Å². The van der Waals surface area contributed by atoms with Gasteiger partial charge in [-0.1, -0.05) is 12.1 Å². The molecule has 0 bridgehead atoms. The van der Waals surface area contributed by atoms with E-state index in [1.165, 1.54) is 0 Å². The van der Waals surface area contributed by atoms with Crippen LogP contribution in [0.5, 0.6) is 5.75 Å². The number of rotatable bonds is 4. The van der Waals surface area contributed by atoms with E-state index in [2.05, 4.69) is 10.2 Å². The second kappa shape index (κ2) is 5.01. The number of nitrogens with one attached hydrogen (secondary N) is 1. The molecule has 0 spiro atoms. The number of benzene rings is 1. The zero-order valence-electron chi connectivity index (χ0n) is 10.1. The molecule has 4 nitrogen and oxygen atoms in total. The number of H-pyrrole nitrogens is 1. The number of hydrogen-bond acceptors (Lipinski definition) is 3. The van der Waals surface area contributed by atoms with Gasteiger partial charge in [-0.25, -0.2) is 0 Å². The third-order valence-corrected chi connectivity index (χ3v) is 2.65. The van der Waals surface area contributed by atoms with E-state index in [4.69, 9.17) is 10.5 Å². The van der Waals surface area contributed by atoms with E-state index >= 15 is 0 Å². The molecule has 0 saturated heterocycles. The third kappa shape index (κ3) is 2.65. The number of methoxy groups -OCH3 is 1. The molecule has 0 aliphatic rings. The molecule has 2 rings (SSSR count). The van der Waals surface area contributed by atoms with Crippen molar-refractivity contribution in [1.29, 1.82) is 0 Å². The third-order valence-electron chi connectivity index (χ3n) is 2.65. The first-order chi connectivity index (χ1) is 8.20. The molecule has 1 atom stereocenters. The first-order valence-corrected chi connectivity index (χ1v) is 5.63. The molecule has 1 aromatic carbocycles. The highest BCUT2D eigenvalue weighted by Crippen LogP contribution is 2.24. The van der Waals surface area contributed by atoms with Gasteiger partial charge in [0.2, 0.25) is 0 Å². The van der Waals surface area contributed by atoms with Gasteiger partial charge < -0.3 is 10.5 Å². The number of aromatic amines is 1.